The standard InChI is InChI=1S/C23H28F2N2O3/c1-15(10-17(3)28)18-4-6-19(7-5-18)30-20-8-9-27(13-20)21-11-23(26-12-16(21)2)29-14-22(24)25/h4-7,11-12,15,20,22H,8-10,13-14H2,1-3H3/t15-,20?/m1/s1. The molecule has 1 unspecified atom stereocenters. The summed E-state index contributed by atoms with van der Waals surface area (Å²) in [5.41, 5.74) is 3.01. The Labute approximate surface area is 176 Å². The van der Waals surface area contributed by atoms with Crippen molar-refractivity contribution in [3.8, 4) is 11.6 Å². The van der Waals surface area contributed by atoms with Crippen LogP contribution in [0.3, 0.4) is 0 Å². The number of carbonyl (C=O) groups excluding carboxylic acids is 1. The van der Waals surface area contributed by atoms with E-state index in [0.29, 0.717) is 13.0 Å². The van der Waals surface area contributed by atoms with Crippen LogP contribution in [0.2, 0.25) is 0 Å². The molecule has 0 spiro atoms. The van der Waals surface area contributed by atoms with Crippen molar-refractivity contribution in [2.75, 3.05) is 24.6 Å². The van der Waals surface area contributed by atoms with Gasteiger partial charge in [0, 0.05) is 37.3 Å². The lowest BCUT2D eigenvalue weighted by Crippen LogP contribution is -2.25. The number of rotatable bonds is 9. The molecule has 2 atom stereocenters. The maximum absolute atomic E-state index is 12.4. The van der Waals surface area contributed by atoms with Crippen LogP contribution in [0.15, 0.2) is 36.5 Å². The molecule has 3 rings (SSSR count). The fourth-order valence-corrected chi connectivity index (χ4v) is 3.72. The fraction of sp³-hybridized carbons (Fsp3) is 0.478. The fourth-order valence-electron chi connectivity index (χ4n) is 3.72. The van der Waals surface area contributed by atoms with Crippen LogP contribution >= 0.6 is 0 Å². The molecular weight excluding hydrogens is 390 g/mol. The molecule has 0 radical (unpaired) electrons. The number of nitrogens with zero attached hydrogens (tertiary/aromatic N) is 2. The first kappa shape index (κ1) is 22.0. The van der Waals surface area contributed by atoms with Crippen LogP contribution in [0, 0.1) is 6.92 Å². The predicted octanol–water partition coefficient (Wildman–Crippen LogP) is 4.77. The Morgan fingerprint density at radius 1 is 1.30 bits per heavy atom. The highest BCUT2D eigenvalue weighted by Gasteiger charge is 2.26. The van der Waals surface area contributed by atoms with Gasteiger partial charge in [-0.15, -0.1) is 0 Å². The van der Waals surface area contributed by atoms with Crippen LogP contribution < -0.4 is 14.4 Å². The quantitative estimate of drug-likeness (QED) is 0.587. The summed E-state index contributed by atoms with van der Waals surface area (Å²) in [7, 11) is 0. The summed E-state index contributed by atoms with van der Waals surface area (Å²) in [5, 5.41) is 0. The van der Waals surface area contributed by atoms with E-state index in [1.54, 1.807) is 19.2 Å². The van der Waals surface area contributed by atoms with Gasteiger partial charge in [-0.2, -0.15) is 0 Å². The van der Waals surface area contributed by atoms with Gasteiger partial charge in [-0.05, 0) is 43.0 Å². The van der Waals surface area contributed by atoms with Crippen LogP contribution in [0.1, 0.15) is 43.7 Å². The molecule has 162 valence electrons. The van der Waals surface area contributed by atoms with Crippen molar-refractivity contribution < 1.29 is 23.0 Å². The minimum Gasteiger partial charge on any atom is -0.489 e. The first-order valence-electron chi connectivity index (χ1n) is 10.2. The van der Waals surface area contributed by atoms with Crippen LogP contribution in [-0.2, 0) is 4.79 Å². The summed E-state index contributed by atoms with van der Waals surface area (Å²) in [4.78, 5) is 17.6. The zero-order valence-corrected chi connectivity index (χ0v) is 17.6. The number of pyridine rings is 1. The van der Waals surface area contributed by atoms with Gasteiger partial charge in [0.05, 0.1) is 6.54 Å². The van der Waals surface area contributed by atoms with Gasteiger partial charge in [-0.1, -0.05) is 19.1 Å². The zero-order valence-electron chi connectivity index (χ0n) is 17.6. The first-order chi connectivity index (χ1) is 14.3. The molecule has 0 aliphatic carbocycles. The lowest BCUT2D eigenvalue weighted by Gasteiger charge is -2.21. The molecule has 0 N–H and O–H groups in total. The van der Waals surface area contributed by atoms with Crippen molar-refractivity contribution in [3.05, 3.63) is 47.7 Å². The van der Waals surface area contributed by atoms with Gasteiger partial charge in [-0.3, -0.25) is 0 Å². The molecule has 30 heavy (non-hydrogen) atoms. The predicted molar refractivity (Wildman–Crippen MR) is 112 cm³/mol. The van der Waals surface area contributed by atoms with Crippen molar-refractivity contribution >= 4 is 11.5 Å². The number of aromatic nitrogens is 1. The van der Waals surface area contributed by atoms with Crippen molar-refractivity contribution in [1.29, 1.82) is 0 Å². The molecule has 1 aromatic heterocycles. The van der Waals surface area contributed by atoms with Gasteiger partial charge in [0.1, 0.15) is 17.6 Å². The molecule has 7 heteroatoms. The van der Waals surface area contributed by atoms with Crippen molar-refractivity contribution in [2.45, 2.75) is 52.1 Å². The largest absolute Gasteiger partial charge is 0.489 e. The summed E-state index contributed by atoms with van der Waals surface area (Å²) < 4.78 is 36.0. The third-order valence-corrected chi connectivity index (χ3v) is 5.24. The lowest BCUT2D eigenvalue weighted by molar-refractivity contribution is -0.117. The number of anilines is 1. The maximum atomic E-state index is 12.4. The van der Waals surface area contributed by atoms with Gasteiger partial charge in [0.2, 0.25) is 5.88 Å². The smallest absolute Gasteiger partial charge is 0.272 e. The Balaban J connectivity index is 1.59. The molecule has 2 heterocycles. The minimum absolute atomic E-state index is 0.0310. The van der Waals surface area contributed by atoms with Crippen molar-refractivity contribution in [1.82, 2.24) is 4.98 Å². The number of ketones is 1. The van der Waals surface area contributed by atoms with Crippen LogP contribution in [0.4, 0.5) is 14.5 Å². The van der Waals surface area contributed by atoms with Gasteiger partial charge < -0.3 is 19.2 Å². The molecule has 1 aromatic carbocycles. The van der Waals surface area contributed by atoms with Crippen LogP contribution in [-0.4, -0.2) is 43.0 Å². The lowest BCUT2D eigenvalue weighted by atomic mass is 9.96. The van der Waals surface area contributed by atoms with Gasteiger partial charge >= 0.3 is 0 Å². The van der Waals surface area contributed by atoms with E-state index in [1.807, 2.05) is 38.1 Å². The number of Topliss-reactive ketones (excluding diaryl/α,β-unsaturated/α-hetero) is 1. The van der Waals surface area contributed by atoms with E-state index in [9.17, 15) is 13.6 Å². The highest BCUT2D eigenvalue weighted by Crippen LogP contribution is 2.29. The molecule has 1 aliphatic rings. The zero-order chi connectivity index (χ0) is 21.7. The molecule has 0 saturated carbocycles. The van der Waals surface area contributed by atoms with E-state index in [4.69, 9.17) is 9.47 Å². The van der Waals surface area contributed by atoms with Crippen molar-refractivity contribution in [3.63, 3.8) is 0 Å². The monoisotopic (exact) mass is 418 g/mol. The normalized spacial score (nSPS) is 17.3. The van der Waals surface area contributed by atoms with Crippen LogP contribution in [0.5, 0.6) is 11.6 Å². The molecule has 5 nitrogen and oxygen atoms in total. The van der Waals surface area contributed by atoms with E-state index in [-0.39, 0.29) is 23.7 Å². The Morgan fingerprint density at radius 2 is 2.03 bits per heavy atom. The first-order valence-corrected chi connectivity index (χ1v) is 10.2. The number of alkyl halides is 2. The summed E-state index contributed by atoms with van der Waals surface area (Å²) in [5.74, 6) is 1.38. The maximum Gasteiger partial charge on any atom is 0.272 e. The molecule has 1 fully saturated rings. The third-order valence-electron chi connectivity index (χ3n) is 5.24. The van der Waals surface area contributed by atoms with Gasteiger partial charge in [-0.25, -0.2) is 13.8 Å². The van der Waals surface area contributed by atoms with Crippen molar-refractivity contribution in [2.24, 2.45) is 0 Å². The number of aryl methyl sites for hydroxylation is 1. The Bertz CT molecular complexity index is 858. The number of ether oxygens (including phenoxy) is 2. The average Bonchev–Trinajstić information content (AvgIpc) is 3.15. The highest BCUT2D eigenvalue weighted by molar-refractivity contribution is 5.76. The Morgan fingerprint density at radius 3 is 2.70 bits per heavy atom. The highest BCUT2D eigenvalue weighted by atomic mass is 19.3. The van der Waals surface area contributed by atoms with Gasteiger partial charge in [0.15, 0.2) is 6.61 Å². The number of hydrogen-bond acceptors (Lipinski definition) is 5. The van der Waals surface area contributed by atoms with E-state index in [1.165, 1.54) is 0 Å². The van der Waals surface area contributed by atoms with Gasteiger partial charge in [0.25, 0.3) is 6.43 Å². The van der Waals surface area contributed by atoms with Crippen LogP contribution in [0.25, 0.3) is 0 Å². The Kier molecular flexibility index (Phi) is 7.24. The second kappa shape index (κ2) is 9.87. The topological polar surface area (TPSA) is 51.7 Å². The molecule has 2 aromatic rings. The molecule has 1 saturated heterocycles. The number of halogens is 2. The third kappa shape index (κ3) is 5.90. The minimum atomic E-state index is -2.53. The number of hydrogen-bond donors (Lipinski definition) is 0. The Hall–Kier alpha value is -2.70. The molecule has 0 amide bonds. The number of carbonyl (C=O) groups is 1. The number of benzene rings is 1. The summed E-state index contributed by atoms with van der Waals surface area (Å²) in [6, 6.07) is 9.63. The SMILES string of the molecule is CC(=O)C[C@@H](C)c1ccc(OC2CCN(c3cc(OCC(F)F)ncc3C)C2)cc1. The van der Waals surface area contributed by atoms with E-state index >= 15 is 0 Å². The molecule has 0 bridgehead atoms. The molecule has 1 aliphatic heterocycles. The second-order valence-electron chi connectivity index (χ2n) is 7.86. The average molecular weight is 418 g/mol. The second-order valence-corrected chi connectivity index (χ2v) is 7.86. The van der Waals surface area contributed by atoms with E-state index in [2.05, 4.69) is 9.88 Å². The summed E-state index contributed by atoms with van der Waals surface area (Å²) in [6.07, 6.45) is 0.538. The van der Waals surface area contributed by atoms with E-state index < -0.39 is 13.0 Å². The molecular formula is C23H28F2N2O3. The summed E-state index contributed by atoms with van der Waals surface area (Å²) >= 11 is 0. The van der Waals surface area contributed by atoms with E-state index in [0.717, 1.165) is 35.5 Å². The summed E-state index contributed by atoms with van der Waals surface area (Å²) in [6.45, 7) is 6.43.